The molecule has 0 aliphatic carbocycles. The van der Waals surface area contributed by atoms with Crippen molar-refractivity contribution in [2.75, 3.05) is 32.9 Å². The number of carboxylic acids is 1. The van der Waals surface area contributed by atoms with Gasteiger partial charge in [0.05, 0.1) is 6.26 Å². The van der Waals surface area contributed by atoms with E-state index in [4.69, 9.17) is 0 Å². The molecule has 0 spiro atoms. The predicted octanol–water partition coefficient (Wildman–Crippen LogP) is 1.09. The molecular formula is C14H28N2O4S. The van der Waals surface area contributed by atoms with Gasteiger partial charge >= 0.3 is 5.97 Å². The molecule has 1 fully saturated rings. The van der Waals surface area contributed by atoms with Crippen LogP contribution in [0.1, 0.15) is 33.1 Å². The van der Waals surface area contributed by atoms with Gasteiger partial charge in [0.15, 0.2) is 0 Å². The maximum absolute atomic E-state index is 11.5. The van der Waals surface area contributed by atoms with E-state index in [0.717, 1.165) is 25.8 Å². The number of piperidine rings is 1. The van der Waals surface area contributed by atoms with Crippen LogP contribution in [0.2, 0.25) is 0 Å². The Kier molecular flexibility index (Phi) is 6.62. The average Bonchev–Trinajstić information content (AvgIpc) is 2.37. The molecule has 21 heavy (non-hydrogen) atoms. The van der Waals surface area contributed by atoms with Crippen molar-refractivity contribution in [1.82, 2.24) is 9.21 Å². The first-order chi connectivity index (χ1) is 9.66. The molecule has 1 aliphatic heterocycles. The third-order valence-electron chi connectivity index (χ3n) is 4.46. The first kappa shape index (κ1) is 18.4. The van der Waals surface area contributed by atoms with Crippen LogP contribution in [-0.4, -0.2) is 67.7 Å². The van der Waals surface area contributed by atoms with E-state index in [1.807, 2.05) is 18.7 Å². The fourth-order valence-electron chi connectivity index (χ4n) is 2.98. The summed E-state index contributed by atoms with van der Waals surface area (Å²) in [5.74, 6) is -0.486. The number of likely N-dealkylation sites (tertiary alicyclic amines) is 1. The number of rotatable bonds is 7. The highest BCUT2D eigenvalue weighted by molar-refractivity contribution is 7.88. The van der Waals surface area contributed by atoms with Crippen LogP contribution in [0.3, 0.4) is 0 Å². The lowest BCUT2D eigenvalue weighted by molar-refractivity contribution is -0.146. The Labute approximate surface area is 128 Å². The van der Waals surface area contributed by atoms with Gasteiger partial charge in [-0.1, -0.05) is 20.3 Å². The minimum atomic E-state index is -3.18. The number of carbonyl (C=O) groups is 1. The fraction of sp³-hybridized carbons (Fsp3) is 0.929. The Hall–Kier alpha value is -0.660. The standard InChI is InChI=1S/C14H28N2O4S/c1-5-11(2)13(14(17)18)16-8-6-7-12(10-16)9-15(3)21(4,19)20/h11-13H,5-10H2,1-4H3,(H,17,18). The van der Waals surface area contributed by atoms with Gasteiger partial charge in [0.25, 0.3) is 0 Å². The molecule has 7 heteroatoms. The van der Waals surface area contributed by atoms with Gasteiger partial charge in [-0.05, 0) is 31.2 Å². The molecule has 1 saturated heterocycles. The minimum absolute atomic E-state index is 0.0916. The maximum Gasteiger partial charge on any atom is 0.321 e. The lowest BCUT2D eigenvalue weighted by atomic mass is 9.91. The molecule has 0 aromatic rings. The van der Waals surface area contributed by atoms with Crippen molar-refractivity contribution in [3.8, 4) is 0 Å². The third-order valence-corrected chi connectivity index (χ3v) is 5.74. The first-order valence-corrected chi connectivity index (χ1v) is 9.39. The molecule has 0 amide bonds. The van der Waals surface area contributed by atoms with E-state index in [2.05, 4.69) is 0 Å². The van der Waals surface area contributed by atoms with Gasteiger partial charge in [-0.2, -0.15) is 0 Å². The van der Waals surface area contributed by atoms with Crippen molar-refractivity contribution in [3.63, 3.8) is 0 Å². The molecule has 1 heterocycles. The second kappa shape index (κ2) is 7.56. The summed E-state index contributed by atoms with van der Waals surface area (Å²) in [5, 5.41) is 9.48. The summed E-state index contributed by atoms with van der Waals surface area (Å²) in [7, 11) is -1.60. The van der Waals surface area contributed by atoms with Crippen LogP contribution in [-0.2, 0) is 14.8 Å². The Bertz CT molecular complexity index is 452. The number of sulfonamides is 1. The molecule has 3 atom stereocenters. The van der Waals surface area contributed by atoms with Crippen LogP contribution in [0.4, 0.5) is 0 Å². The largest absolute Gasteiger partial charge is 0.480 e. The zero-order valence-corrected chi connectivity index (χ0v) is 14.3. The van der Waals surface area contributed by atoms with E-state index >= 15 is 0 Å². The minimum Gasteiger partial charge on any atom is -0.480 e. The number of aliphatic carboxylic acids is 1. The van der Waals surface area contributed by atoms with Crippen LogP contribution in [0.15, 0.2) is 0 Å². The molecule has 124 valence electrons. The highest BCUT2D eigenvalue weighted by Crippen LogP contribution is 2.24. The van der Waals surface area contributed by atoms with Gasteiger partial charge in [-0.25, -0.2) is 12.7 Å². The molecule has 1 N–H and O–H groups in total. The van der Waals surface area contributed by atoms with Crippen molar-refractivity contribution in [3.05, 3.63) is 0 Å². The van der Waals surface area contributed by atoms with Gasteiger partial charge in [0.1, 0.15) is 6.04 Å². The van der Waals surface area contributed by atoms with Crippen molar-refractivity contribution >= 4 is 16.0 Å². The molecule has 3 unspecified atom stereocenters. The monoisotopic (exact) mass is 320 g/mol. The molecule has 1 aliphatic rings. The Morgan fingerprint density at radius 2 is 2.10 bits per heavy atom. The van der Waals surface area contributed by atoms with E-state index in [0.29, 0.717) is 13.1 Å². The molecular weight excluding hydrogens is 292 g/mol. The van der Waals surface area contributed by atoms with Crippen molar-refractivity contribution in [2.45, 2.75) is 39.2 Å². The van der Waals surface area contributed by atoms with E-state index in [-0.39, 0.29) is 11.8 Å². The van der Waals surface area contributed by atoms with Crippen molar-refractivity contribution < 1.29 is 18.3 Å². The maximum atomic E-state index is 11.5. The van der Waals surface area contributed by atoms with Gasteiger partial charge < -0.3 is 5.11 Å². The number of carboxylic acid groups (broad SMARTS) is 1. The van der Waals surface area contributed by atoms with E-state index in [1.54, 1.807) is 7.05 Å². The van der Waals surface area contributed by atoms with Crippen LogP contribution in [0, 0.1) is 11.8 Å². The van der Waals surface area contributed by atoms with Gasteiger partial charge in [-0.15, -0.1) is 0 Å². The quantitative estimate of drug-likeness (QED) is 0.760. The summed E-state index contributed by atoms with van der Waals surface area (Å²) in [6.45, 7) is 5.86. The Morgan fingerprint density at radius 3 is 2.57 bits per heavy atom. The first-order valence-electron chi connectivity index (χ1n) is 7.55. The smallest absolute Gasteiger partial charge is 0.321 e. The molecule has 6 nitrogen and oxygen atoms in total. The highest BCUT2D eigenvalue weighted by atomic mass is 32.2. The molecule has 1 rings (SSSR count). The van der Waals surface area contributed by atoms with Gasteiger partial charge in [0.2, 0.25) is 10.0 Å². The topological polar surface area (TPSA) is 77.9 Å². The van der Waals surface area contributed by atoms with E-state index in [1.165, 1.54) is 10.6 Å². The Balaban J connectivity index is 2.72. The lowest BCUT2D eigenvalue weighted by Crippen LogP contribution is -2.51. The Morgan fingerprint density at radius 1 is 1.48 bits per heavy atom. The summed E-state index contributed by atoms with van der Waals surface area (Å²) < 4.78 is 24.4. The van der Waals surface area contributed by atoms with Crippen molar-refractivity contribution in [1.29, 1.82) is 0 Å². The molecule has 0 aromatic heterocycles. The van der Waals surface area contributed by atoms with Crippen molar-refractivity contribution in [2.24, 2.45) is 11.8 Å². The van der Waals surface area contributed by atoms with E-state index < -0.39 is 22.0 Å². The second-order valence-corrected chi connectivity index (χ2v) is 8.30. The van der Waals surface area contributed by atoms with Crippen LogP contribution in [0.25, 0.3) is 0 Å². The summed E-state index contributed by atoms with van der Waals surface area (Å²) in [4.78, 5) is 13.6. The van der Waals surface area contributed by atoms with Crippen LogP contribution >= 0.6 is 0 Å². The highest BCUT2D eigenvalue weighted by Gasteiger charge is 2.34. The summed E-state index contributed by atoms with van der Waals surface area (Å²) >= 11 is 0. The average molecular weight is 320 g/mol. The summed E-state index contributed by atoms with van der Waals surface area (Å²) in [6.07, 6.45) is 3.89. The van der Waals surface area contributed by atoms with Crippen LogP contribution < -0.4 is 0 Å². The second-order valence-electron chi connectivity index (χ2n) is 6.22. The number of hydrogen-bond acceptors (Lipinski definition) is 4. The zero-order valence-electron chi connectivity index (χ0n) is 13.4. The SMILES string of the molecule is CCC(C)C(C(=O)O)N1CCCC(CN(C)S(C)(=O)=O)C1. The van der Waals surface area contributed by atoms with Gasteiger partial charge in [-0.3, -0.25) is 9.69 Å². The molecule has 0 saturated carbocycles. The van der Waals surface area contributed by atoms with Gasteiger partial charge in [0, 0.05) is 20.1 Å². The molecule has 0 aromatic carbocycles. The number of hydrogen-bond donors (Lipinski definition) is 1. The van der Waals surface area contributed by atoms with Crippen LogP contribution in [0.5, 0.6) is 0 Å². The summed E-state index contributed by atoms with van der Waals surface area (Å²) in [6, 6.07) is -0.471. The molecule has 0 radical (unpaired) electrons. The lowest BCUT2D eigenvalue weighted by Gasteiger charge is -2.39. The number of nitrogens with zero attached hydrogens (tertiary/aromatic N) is 2. The third kappa shape index (κ3) is 5.23. The normalized spacial score (nSPS) is 24.0. The summed E-state index contributed by atoms with van der Waals surface area (Å²) in [5.41, 5.74) is 0. The van der Waals surface area contributed by atoms with E-state index in [9.17, 15) is 18.3 Å². The predicted molar refractivity (Wildman–Crippen MR) is 82.6 cm³/mol. The fourth-order valence-corrected chi connectivity index (χ4v) is 3.46. The molecule has 0 bridgehead atoms. The zero-order chi connectivity index (χ0) is 16.2.